The van der Waals surface area contributed by atoms with Gasteiger partial charge in [-0.2, -0.15) is 0 Å². The van der Waals surface area contributed by atoms with E-state index < -0.39 is 0 Å². The van der Waals surface area contributed by atoms with E-state index in [0.29, 0.717) is 5.56 Å². The van der Waals surface area contributed by atoms with Gasteiger partial charge in [0.2, 0.25) is 0 Å². The van der Waals surface area contributed by atoms with E-state index in [1.54, 1.807) is 0 Å². The number of furan rings is 1. The molecule has 1 aliphatic carbocycles. The van der Waals surface area contributed by atoms with Gasteiger partial charge in [-0.25, -0.2) is 0 Å². The van der Waals surface area contributed by atoms with E-state index in [4.69, 9.17) is 11.3 Å². The molecule has 9 aromatic rings. The zero-order chi connectivity index (χ0) is 33.5. The smallest absolute Gasteiger partial charge is 0.136 e. The molecule has 0 fully saturated rings. The van der Waals surface area contributed by atoms with Gasteiger partial charge in [-0.3, -0.25) is 0 Å². The zero-order valence-corrected chi connectivity index (χ0v) is 24.2. The quantitative estimate of drug-likeness (QED) is 0.190. The summed E-state index contributed by atoms with van der Waals surface area (Å²) in [6, 6.07) is 34.5. The molecular weight excluding hydrogens is 532 g/mol. The maximum atomic E-state index is 8.74. The lowest BCUT2D eigenvalue weighted by molar-refractivity contribution is 0.657. The molecule has 10 rings (SSSR count). The molecule has 8 aromatic carbocycles. The molecule has 0 unspecified atom stereocenters. The van der Waals surface area contributed by atoms with Gasteiger partial charge in [0.15, 0.2) is 0 Å². The van der Waals surface area contributed by atoms with Crippen molar-refractivity contribution in [3.05, 3.63) is 144 Å². The minimum atomic E-state index is -0.389. The minimum absolute atomic E-state index is 0.197. The Kier molecular flexibility index (Phi) is 3.75. The molecule has 1 heteroatoms. The molecule has 1 nitrogen and oxygen atoms in total. The molecule has 0 amide bonds. The van der Waals surface area contributed by atoms with E-state index in [9.17, 15) is 0 Å². The fraction of sp³-hybridized carbons (Fsp3) is 0.0698. The normalized spacial score (nSPS) is 15.5. The van der Waals surface area contributed by atoms with Crippen LogP contribution in [0.2, 0.25) is 0 Å². The summed E-state index contributed by atoms with van der Waals surface area (Å²) in [5.41, 5.74) is 9.59. The van der Waals surface area contributed by atoms with Crippen LogP contribution in [0.5, 0.6) is 0 Å². The van der Waals surface area contributed by atoms with Crippen LogP contribution in [0.3, 0.4) is 0 Å². The Labute approximate surface area is 262 Å². The Morgan fingerprint density at radius 2 is 1.20 bits per heavy atom. The second kappa shape index (κ2) is 8.36. The molecular formula is C43H28O. The van der Waals surface area contributed by atoms with Crippen molar-refractivity contribution >= 4 is 54.3 Å². The lowest BCUT2D eigenvalue weighted by Crippen LogP contribution is -2.15. The molecule has 206 valence electrons. The van der Waals surface area contributed by atoms with Crippen LogP contribution in [0.4, 0.5) is 0 Å². The van der Waals surface area contributed by atoms with Crippen LogP contribution in [-0.4, -0.2) is 0 Å². The van der Waals surface area contributed by atoms with Gasteiger partial charge in [0.25, 0.3) is 0 Å². The number of hydrogen-bond acceptors (Lipinski definition) is 1. The van der Waals surface area contributed by atoms with Crippen molar-refractivity contribution in [2.75, 3.05) is 0 Å². The van der Waals surface area contributed by atoms with Gasteiger partial charge >= 0.3 is 0 Å². The lowest BCUT2D eigenvalue weighted by atomic mass is 9.79. The first-order valence-corrected chi connectivity index (χ1v) is 15.0. The topological polar surface area (TPSA) is 13.1 Å². The maximum Gasteiger partial charge on any atom is 0.136 e. The zero-order valence-electron chi connectivity index (χ0n) is 29.2. The molecule has 0 radical (unpaired) electrons. The summed E-state index contributed by atoms with van der Waals surface area (Å²) in [5.74, 6) is 0. The Bertz CT molecular complexity index is 2890. The molecule has 0 spiro atoms. The number of rotatable bonds is 2. The molecule has 0 atom stereocenters. The van der Waals surface area contributed by atoms with Crippen LogP contribution in [-0.2, 0) is 5.41 Å². The van der Waals surface area contributed by atoms with Gasteiger partial charge in [0.1, 0.15) is 11.2 Å². The monoisotopic (exact) mass is 565 g/mol. The maximum absolute atomic E-state index is 8.74. The molecule has 1 aromatic heterocycles. The minimum Gasteiger partial charge on any atom is -0.456 e. The summed E-state index contributed by atoms with van der Waals surface area (Å²) in [7, 11) is 0. The van der Waals surface area contributed by atoms with E-state index in [-0.39, 0.29) is 41.2 Å². The summed E-state index contributed by atoms with van der Waals surface area (Å²) in [5, 5.41) is 8.45. The van der Waals surface area contributed by atoms with Crippen molar-refractivity contribution in [2.24, 2.45) is 0 Å². The van der Waals surface area contributed by atoms with Crippen LogP contribution in [0.1, 0.15) is 31.8 Å². The second-order valence-corrected chi connectivity index (χ2v) is 12.5. The summed E-state index contributed by atoms with van der Waals surface area (Å²) in [6.07, 6.45) is 0. The van der Waals surface area contributed by atoms with E-state index in [0.717, 1.165) is 65.4 Å². The molecule has 0 saturated carbocycles. The third kappa shape index (κ3) is 2.99. The van der Waals surface area contributed by atoms with E-state index in [1.165, 1.54) is 22.3 Å². The standard InChI is InChI=1S/C43H28O/c1-43(2)35-14-8-6-12-32(35)40-34(24-37-41(42(40)43)33-13-7-9-15-36(33)44-37)29-21-17-27-18-22-30-28(25-10-4-3-5-11-25)20-16-26-19-23-31(29)39(27)38(26)30/h3-24H,1-2H3/i3D,4D,5D,10D,11D. The predicted octanol–water partition coefficient (Wildman–Crippen LogP) is 12.1. The first kappa shape index (κ1) is 19.7. The fourth-order valence-electron chi connectivity index (χ4n) is 8.02. The van der Waals surface area contributed by atoms with E-state index >= 15 is 0 Å². The number of benzene rings is 8. The highest BCUT2D eigenvalue weighted by atomic mass is 16.3. The number of fused-ring (bicyclic) bond motifs is 7. The third-order valence-electron chi connectivity index (χ3n) is 9.89. The summed E-state index contributed by atoms with van der Waals surface area (Å²) < 4.78 is 48.9. The SMILES string of the molecule is [2H]c1c([2H])c([2H])c(-c2ccc3ccc4c(-c5cc6oc7ccccc7c6c6c5-c5ccccc5C6(C)C)ccc5ccc2c3c54)c([2H])c1[2H]. The Balaban J connectivity index is 1.34. The molecule has 0 aliphatic heterocycles. The van der Waals surface area contributed by atoms with Crippen molar-refractivity contribution < 1.29 is 11.3 Å². The first-order chi connectivity index (χ1) is 23.7. The van der Waals surface area contributed by atoms with Crippen molar-refractivity contribution in [1.29, 1.82) is 0 Å². The van der Waals surface area contributed by atoms with Crippen molar-refractivity contribution in [3.8, 4) is 33.4 Å². The van der Waals surface area contributed by atoms with Crippen LogP contribution >= 0.6 is 0 Å². The second-order valence-electron chi connectivity index (χ2n) is 12.5. The fourth-order valence-corrected chi connectivity index (χ4v) is 8.02. The Morgan fingerprint density at radius 1 is 0.545 bits per heavy atom. The van der Waals surface area contributed by atoms with Crippen LogP contribution in [0, 0.1) is 0 Å². The Morgan fingerprint density at radius 3 is 2.00 bits per heavy atom. The van der Waals surface area contributed by atoms with Crippen LogP contribution < -0.4 is 0 Å². The van der Waals surface area contributed by atoms with Gasteiger partial charge in [0, 0.05) is 16.2 Å². The molecule has 1 aliphatic rings. The van der Waals surface area contributed by atoms with Crippen LogP contribution in [0.25, 0.3) is 87.6 Å². The van der Waals surface area contributed by atoms with Gasteiger partial charge in [-0.05, 0) is 89.0 Å². The molecule has 1 heterocycles. The van der Waals surface area contributed by atoms with Gasteiger partial charge in [-0.1, -0.05) is 135 Å². The Hall–Kier alpha value is -5.40. The largest absolute Gasteiger partial charge is 0.456 e. The predicted molar refractivity (Wildman–Crippen MR) is 186 cm³/mol. The highest BCUT2D eigenvalue weighted by Crippen LogP contribution is 2.57. The van der Waals surface area contributed by atoms with Gasteiger partial charge < -0.3 is 4.42 Å². The summed E-state index contributed by atoms with van der Waals surface area (Å²) in [6.45, 7) is 4.63. The highest BCUT2D eigenvalue weighted by Gasteiger charge is 2.40. The van der Waals surface area contributed by atoms with E-state index in [2.05, 4.69) is 86.6 Å². The third-order valence-corrected chi connectivity index (χ3v) is 9.89. The molecule has 44 heavy (non-hydrogen) atoms. The summed E-state index contributed by atoms with van der Waals surface area (Å²) >= 11 is 0. The van der Waals surface area contributed by atoms with E-state index in [1.807, 2.05) is 30.3 Å². The summed E-state index contributed by atoms with van der Waals surface area (Å²) in [4.78, 5) is 0. The van der Waals surface area contributed by atoms with Crippen molar-refractivity contribution in [2.45, 2.75) is 19.3 Å². The lowest BCUT2D eigenvalue weighted by Gasteiger charge is -2.23. The van der Waals surface area contributed by atoms with Gasteiger partial charge in [0.05, 0.1) is 6.85 Å². The van der Waals surface area contributed by atoms with Crippen LogP contribution in [0.15, 0.2) is 138 Å². The van der Waals surface area contributed by atoms with Crippen molar-refractivity contribution in [3.63, 3.8) is 0 Å². The van der Waals surface area contributed by atoms with Crippen molar-refractivity contribution in [1.82, 2.24) is 0 Å². The molecule has 0 saturated heterocycles. The number of hydrogen-bond donors (Lipinski definition) is 0. The first-order valence-electron chi connectivity index (χ1n) is 17.5. The highest BCUT2D eigenvalue weighted by molar-refractivity contribution is 6.28. The van der Waals surface area contributed by atoms with Gasteiger partial charge in [-0.15, -0.1) is 0 Å². The molecule has 0 N–H and O–H groups in total. The average molecular weight is 566 g/mol. The molecule has 0 bridgehead atoms. The number of para-hydroxylation sites is 1. The average Bonchev–Trinajstić information content (AvgIpc) is 3.60.